The highest BCUT2D eigenvalue weighted by atomic mass is 19.1. The van der Waals surface area contributed by atoms with Crippen molar-refractivity contribution in [3.05, 3.63) is 35.8 Å². The van der Waals surface area contributed by atoms with Crippen LogP contribution >= 0.6 is 0 Å². The van der Waals surface area contributed by atoms with Gasteiger partial charge < -0.3 is 20.9 Å². The van der Waals surface area contributed by atoms with Crippen molar-refractivity contribution in [1.82, 2.24) is 25.8 Å². The Morgan fingerprint density at radius 1 is 1.33 bits per heavy atom. The molecule has 0 spiro atoms. The molecular formula is C18H23FN6O2. The summed E-state index contributed by atoms with van der Waals surface area (Å²) in [5.41, 5.74) is 1.90. The van der Waals surface area contributed by atoms with Gasteiger partial charge in [-0.2, -0.15) is 0 Å². The summed E-state index contributed by atoms with van der Waals surface area (Å²) in [5, 5.41) is 9.58. The first-order valence-corrected chi connectivity index (χ1v) is 8.94. The van der Waals surface area contributed by atoms with Crippen molar-refractivity contribution in [2.24, 2.45) is 4.99 Å². The second-order valence-corrected chi connectivity index (χ2v) is 6.15. The summed E-state index contributed by atoms with van der Waals surface area (Å²) < 4.78 is 13.4. The molecule has 0 saturated carbocycles. The highest BCUT2D eigenvalue weighted by Gasteiger charge is 2.27. The number of guanidine groups is 1. The third kappa shape index (κ3) is 4.55. The fourth-order valence-electron chi connectivity index (χ4n) is 2.96. The number of urea groups is 1. The lowest BCUT2D eigenvalue weighted by Crippen LogP contribution is -2.43. The summed E-state index contributed by atoms with van der Waals surface area (Å²) in [6, 6.07) is 4.31. The van der Waals surface area contributed by atoms with Crippen molar-refractivity contribution in [1.29, 1.82) is 0 Å². The van der Waals surface area contributed by atoms with Gasteiger partial charge in [0.2, 0.25) is 5.91 Å². The van der Waals surface area contributed by atoms with Crippen molar-refractivity contribution in [3.8, 4) is 0 Å². The molecule has 2 aromatic rings. The third-order valence-electron chi connectivity index (χ3n) is 4.29. The molecule has 8 nitrogen and oxygen atoms in total. The number of nitrogens with zero attached hydrogens (tertiary/aromatic N) is 2. The van der Waals surface area contributed by atoms with E-state index in [2.05, 4.69) is 25.9 Å². The predicted molar refractivity (Wildman–Crippen MR) is 101 cm³/mol. The average Bonchev–Trinajstić information content (AvgIpc) is 3.19. The first kappa shape index (κ1) is 18.7. The monoisotopic (exact) mass is 374 g/mol. The van der Waals surface area contributed by atoms with E-state index in [-0.39, 0.29) is 30.8 Å². The third-order valence-corrected chi connectivity index (χ3v) is 4.29. The predicted octanol–water partition coefficient (Wildman–Crippen LogP) is 0.956. The Kier molecular flexibility index (Phi) is 5.90. The Labute approximate surface area is 156 Å². The van der Waals surface area contributed by atoms with E-state index in [0.717, 1.165) is 16.5 Å². The number of carbonyl (C=O) groups is 2. The van der Waals surface area contributed by atoms with E-state index in [4.69, 9.17) is 0 Å². The smallest absolute Gasteiger partial charge is 0.324 e. The van der Waals surface area contributed by atoms with Crippen LogP contribution in [0.25, 0.3) is 10.9 Å². The van der Waals surface area contributed by atoms with Crippen LogP contribution in [0.15, 0.2) is 29.4 Å². The molecule has 144 valence electrons. The second kappa shape index (κ2) is 8.52. The van der Waals surface area contributed by atoms with E-state index in [1.807, 2.05) is 13.1 Å². The van der Waals surface area contributed by atoms with Crippen LogP contribution in [0.1, 0.15) is 12.5 Å². The number of hydrogen-bond donors (Lipinski definition) is 4. The number of rotatable bonds is 7. The summed E-state index contributed by atoms with van der Waals surface area (Å²) >= 11 is 0. The van der Waals surface area contributed by atoms with Gasteiger partial charge in [0.05, 0.1) is 6.54 Å². The minimum Gasteiger partial charge on any atom is -0.361 e. The number of benzene rings is 1. The van der Waals surface area contributed by atoms with Gasteiger partial charge in [-0.1, -0.05) is 0 Å². The molecule has 1 aromatic carbocycles. The second-order valence-electron chi connectivity index (χ2n) is 6.15. The van der Waals surface area contributed by atoms with Crippen molar-refractivity contribution < 1.29 is 14.0 Å². The summed E-state index contributed by atoms with van der Waals surface area (Å²) in [7, 11) is 0. The SMILES string of the molecule is CCNC(=NCCc1c[nH]c2ccc(F)cc12)NCCN1C(=O)CNC1=O. The molecule has 27 heavy (non-hydrogen) atoms. The molecule has 9 heteroatoms. The minimum atomic E-state index is -0.365. The van der Waals surface area contributed by atoms with E-state index in [1.165, 1.54) is 17.0 Å². The number of fused-ring (bicyclic) bond motifs is 1. The number of halogens is 1. The minimum absolute atomic E-state index is 0.0538. The molecule has 0 unspecified atom stereocenters. The molecule has 0 aliphatic carbocycles. The number of nitrogens with one attached hydrogen (secondary N) is 4. The van der Waals surface area contributed by atoms with Crippen LogP contribution in [0.3, 0.4) is 0 Å². The molecule has 1 saturated heterocycles. The fourth-order valence-corrected chi connectivity index (χ4v) is 2.96. The van der Waals surface area contributed by atoms with Crippen LogP contribution in [0.2, 0.25) is 0 Å². The van der Waals surface area contributed by atoms with Gasteiger partial charge in [-0.3, -0.25) is 14.7 Å². The molecule has 2 heterocycles. The van der Waals surface area contributed by atoms with Crippen LogP contribution in [0, 0.1) is 5.82 Å². The van der Waals surface area contributed by atoms with Gasteiger partial charge in [-0.05, 0) is 37.1 Å². The number of carbonyl (C=O) groups excluding carboxylic acids is 2. The Hall–Kier alpha value is -3.10. The van der Waals surface area contributed by atoms with Gasteiger partial charge >= 0.3 is 6.03 Å². The zero-order valence-electron chi connectivity index (χ0n) is 15.1. The Bertz CT molecular complexity index is 847. The van der Waals surface area contributed by atoms with E-state index < -0.39 is 0 Å². The molecule has 3 rings (SSSR count). The maximum Gasteiger partial charge on any atom is 0.324 e. The molecule has 0 bridgehead atoms. The first-order chi connectivity index (χ1) is 13.1. The number of H-pyrrole nitrogens is 1. The van der Waals surface area contributed by atoms with Crippen molar-refractivity contribution in [2.75, 3.05) is 32.7 Å². The van der Waals surface area contributed by atoms with E-state index in [9.17, 15) is 14.0 Å². The maximum absolute atomic E-state index is 13.4. The van der Waals surface area contributed by atoms with Gasteiger partial charge in [-0.15, -0.1) is 0 Å². The number of aromatic amines is 1. The van der Waals surface area contributed by atoms with E-state index in [0.29, 0.717) is 32.0 Å². The molecule has 0 radical (unpaired) electrons. The van der Waals surface area contributed by atoms with Crippen LogP contribution in [-0.2, 0) is 11.2 Å². The molecule has 1 aromatic heterocycles. The van der Waals surface area contributed by atoms with Crippen LogP contribution in [0.5, 0.6) is 0 Å². The van der Waals surface area contributed by atoms with Crippen molar-refractivity contribution >= 4 is 28.8 Å². The molecule has 1 aliphatic heterocycles. The highest BCUT2D eigenvalue weighted by molar-refractivity contribution is 6.01. The summed E-state index contributed by atoms with van der Waals surface area (Å²) in [6.45, 7) is 3.89. The van der Waals surface area contributed by atoms with Gasteiger partial charge in [0, 0.05) is 43.3 Å². The topological polar surface area (TPSA) is 102 Å². The molecular weight excluding hydrogens is 351 g/mol. The number of aromatic nitrogens is 1. The van der Waals surface area contributed by atoms with E-state index >= 15 is 0 Å². The molecule has 4 N–H and O–H groups in total. The molecule has 1 aliphatic rings. The van der Waals surface area contributed by atoms with Gasteiger partial charge in [0.1, 0.15) is 5.82 Å². The number of amides is 3. The average molecular weight is 374 g/mol. The lowest BCUT2D eigenvalue weighted by atomic mass is 10.1. The zero-order chi connectivity index (χ0) is 19.2. The first-order valence-electron chi connectivity index (χ1n) is 8.94. The van der Waals surface area contributed by atoms with Gasteiger partial charge in [0.15, 0.2) is 5.96 Å². The van der Waals surface area contributed by atoms with E-state index in [1.54, 1.807) is 6.07 Å². The van der Waals surface area contributed by atoms with Crippen LogP contribution < -0.4 is 16.0 Å². The molecule has 3 amide bonds. The highest BCUT2D eigenvalue weighted by Crippen LogP contribution is 2.19. The Balaban J connectivity index is 1.54. The molecule has 0 atom stereocenters. The Morgan fingerprint density at radius 2 is 2.19 bits per heavy atom. The number of hydrogen-bond acceptors (Lipinski definition) is 3. The molecule has 1 fully saturated rings. The normalized spacial score (nSPS) is 14.7. The quantitative estimate of drug-likeness (QED) is 0.329. The zero-order valence-corrected chi connectivity index (χ0v) is 15.1. The number of aliphatic imine (C=N–C) groups is 1. The van der Waals surface area contributed by atoms with Gasteiger partial charge in [-0.25, -0.2) is 9.18 Å². The number of imide groups is 1. The van der Waals surface area contributed by atoms with Crippen molar-refractivity contribution in [3.63, 3.8) is 0 Å². The maximum atomic E-state index is 13.4. The standard InChI is InChI=1S/C18H23FN6O2/c1-2-20-17(22-7-8-25-16(26)11-24-18(25)27)21-6-5-12-10-23-15-4-3-13(19)9-14(12)15/h3-4,9-10,23H,2,5-8,11H2,1H3,(H,24,27)(H2,20,21,22). The van der Waals surface area contributed by atoms with Crippen LogP contribution in [0.4, 0.5) is 9.18 Å². The van der Waals surface area contributed by atoms with Crippen molar-refractivity contribution in [2.45, 2.75) is 13.3 Å². The van der Waals surface area contributed by atoms with Gasteiger partial charge in [0.25, 0.3) is 0 Å². The lowest BCUT2D eigenvalue weighted by molar-refractivity contribution is -0.124. The summed E-state index contributed by atoms with van der Waals surface area (Å²) in [4.78, 5) is 31.9. The summed E-state index contributed by atoms with van der Waals surface area (Å²) in [5.74, 6) is 0.119. The van der Waals surface area contributed by atoms with Crippen LogP contribution in [-0.4, -0.2) is 60.5 Å². The lowest BCUT2D eigenvalue weighted by Gasteiger charge is -2.15. The largest absolute Gasteiger partial charge is 0.361 e. The summed E-state index contributed by atoms with van der Waals surface area (Å²) in [6.07, 6.45) is 2.53. The fraction of sp³-hybridized carbons (Fsp3) is 0.389. The Morgan fingerprint density at radius 3 is 2.93 bits per heavy atom.